The van der Waals surface area contributed by atoms with Gasteiger partial charge in [0.15, 0.2) is 0 Å². The first kappa shape index (κ1) is 26.2. The molecule has 2 fully saturated rings. The fourth-order valence-corrected chi connectivity index (χ4v) is 6.09. The molecule has 5 rings (SSSR count). The van der Waals surface area contributed by atoms with Gasteiger partial charge < -0.3 is 19.2 Å². The van der Waals surface area contributed by atoms with Crippen molar-refractivity contribution in [3.8, 4) is 5.75 Å². The summed E-state index contributed by atoms with van der Waals surface area (Å²) < 4.78 is 11.7. The molecular weight excluding hydrogens is 478 g/mol. The van der Waals surface area contributed by atoms with Crippen molar-refractivity contribution in [2.75, 3.05) is 19.7 Å². The van der Waals surface area contributed by atoms with Gasteiger partial charge in [-0.25, -0.2) is 4.79 Å². The van der Waals surface area contributed by atoms with E-state index in [1.807, 2.05) is 73.4 Å². The number of rotatable bonds is 7. The molecule has 2 aromatic carbocycles. The average Bonchev–Trinajstić information content (AvgIpc) is 2.92. The first-order valence-corrected chi connectivity index (χ1v) is 13.8. The van der Waals surface area contributed by atoms with Crippen LogP contribution in [0.2, 0.25) is 0 Å². The van der Waals surface area contributed by atoms with Gasteiger partial charge in [0.2, 0.25) is 5.91 Å². The van der Waals surface area contributed by atoms with Gasteiger partial charge in [0, 0.05) is 41.9 Å². The Hall–Kier alpha value is -3.38. The van der Waals surface area contributed by atoms with Gasteiger partial charge in [-0.05, 0) is 68.9 Å². The van der Waals surface area contributed by atoms with E-state index in [1.165, 1.54) is 0 Å². The average molecular weight is 516 g/mol. The second kappa shape index (κ2) is 11.2. The predicted molar refractivity (Wildman–Crippen MR) is 149 cm³/mol. The molecule has 2 atom stereocenters. The van der Waals surface area contributed by atoms with Crippen molar-refractivity contribution in [1.29, 1.82) is 0 Å². The molecule has 2 unspecified atom stereocenters. The first-order valence-electron chi connectivity index (χ1n) is 13.8. The molecule has 3 aromatic rings. The quantitative estimate of drug-likeness (QED) is 0.415. The predicted octanol–water partition coefficient (Wildman–Crippen LogP) is 5.59. The van der Waals surface area contributed by atoms with Gasteiger partial charge >= 0.3 is 5.63 Å². The number of fused-ring (bicyclic) bond motifs is 2. The molecule has 200 valence electrons. The minimum Gasteiger partial charge on any atom is -0.489 e. The monoisotopic (exact) mass is 515 g/mol. The minimum atomic E-state index is -0.607. The lowest BCUT2D eigenvalue weighted by Gasteiger charge is -2.47. The molecule has 2 heterocycles. The van der Waals surface area contributed by atoms with Gasteiger partial charge in [0.1, 0.15) is 17.9 Å². The molecule has 1 saturated carbocycles. The molecule has 0 radical (unpaired) electrons. The second-order valence-corrected chi connectivity index (χ2v) is 10.8. The van der Waals surface area contributed by atoms with Crippen molar-refractivity contribution in [2.24, 2.45) is 5.92 Å². The summed E-state index contributed by atoms with van der Waals surface area (Å²) in [4.78, 5) is 27.9. The van der Waals surface area contributed by atoms with Crippen molar-refractivity contribution >= 4 is 23.0 Å². The number of hydrogen-bond donors (Lipinski definition) is 1. The topological polar surface area (TPSA) is 80.0 Å². The highest BCUT2D eigenvalue weighted by atomic mass is 16.5. The molecule has 6 heteroatoms. The van der Waals surface area contributed by atoms with Crippen LogP contribution < -0.4 is 10.4 Å². The summed E-state index contributed by atoms with van der Waals surface area (Å²) in [6, 6.07) is 13.9. The molecule has 2 aliphatic rings. The number of hydrogen-bond acceptors (Lipinski definition) is 5. The van der Waals surface area contributed by atoms with Crippen LogP contribution >= 0.6 is 0 Å². The molecule has 0 spiro atoms. The van der Waals surface area contributed by atoms with Crippen LogP contribution in [-0.2, 0) is 11.2 Å². The Labute approximate surface area is 223 Å². The van der Waals surface area contributed by atoms with Gasteiger partial charge in [-0.2, -0.15) is 0 Å². The van der Waals surface area contributed by atoms with Gasteiger partial charge in [-0.1, -0.05) is 49.2 Å². The van der Waals surface area contributed by atoms with Crippen molar-refractivity contribution < 1.29 is 19.1 Å². The van der Waals surface area contributed by atoms with Crippen LogP contribution in [0, 0.1) is 19.8 Å². The normalized spacial score (nSPS) is 21.6. The van der Waals surface area contributed by atoms with E-state index in [0.29, 0.717) is 49.4 Å². The van der Waals surface area contributed by atoms with Crippen LogP contribution in [0.1, 0.15) is 60.8 Å². The minimum absolute atomic E-state index is 0.0417. The molecule has 1 saturated heterocycles. The Kier molecular flexibility index (Phi) is 7.70. The molecule has 6 nitrogen and oxygen atoms in total. The van der Waals surface area contributed by atoms with E-state index >= 15 is 0 Å². The lowest BCUT2D eigenvalue weighted by molar-refractivity contribution is -0.143. The van der Waals surface area contributed by atoms with Gasteiger partial charge in [0.05, 0.1) is 5.60 Å². The maximum Gasteiger partial charge on any atom is 0.339 e. The second-order valence-electron chi connectivity index (χ2n) is 10.8. The van der Waals surface area contributed by atoms with E-state index in [0.717, 1.165) is 47.8 Å². The van der Waals surface area contributed by atoms with Crippen LogP contribution in [0.3, 0.4) is 0 Å². The third-order valence-electron chi connectivity index (χ3n) is 8.47. The molecule has 38 heavy (non-hydrogen) atoms. The maximum atomic E-state index is 13.0. The van der Waals surface area contributed by atoms with E-state index in [-0.39, 0.29) is 18.2 Å². The van der Waals surface area contributed by atoms with E-state index in [9.17, 15) is 14.7 Å². The highest BCUT2D eigenvalue weighted by Crippen LogP contribution is 2.40. The number of benzene rings is 2. The van der Waals surface area contributed by atoms with Crippen LogP contribution in [0.5, 0.6) is 5.75 Å². The number of carbonyl (C=O) groups excluding carboxylic acids is 1. The number of aryl methyl sites for hydroxylation is 2. The largest absolute Gasteiger partial charge is 0.489 e. The van der Waals surface area contributed by atoms with Crippen molar-refractivity contribution in [3.05, 3.63) is 81.2 Å². The maximum absolute atomic E-state index is 13.0. The number of aliphatic hydroxyl groups is 1. The molecular formula is C32H37NO5. The Morgan fingerprint density at radius 1 is 1.13 bits per heavy atom. The number of likely N-dealkylation sites (tertiary alicyclic amines) is 1. The number of piperidine rings is 1. The number of carbonyl (C=O) groups is 1. The summed E-state index contributed by atoms with van der Waals surface area (Å²) >= 11 is 0. The smallest absolute Gasteiger partial charge is 0.339 e. The van der Waals surface area contributed by atoms with Crippen LogP contribution in [-0.4, -0.2) is 41.2 Å². The molecule has 1 amide bonds. The van der Waals surface area contributed by atoms with E-state index in [1.54, 1.807) is 0 Å². The Morgan fingerprint density at radius 3 is 2.76 bits per heavy atom. The zero-order valence-corrected chi connectivity index (χ0v) is 22.4. The summed E-state index contributed by atoms with van der Waals surface area (Å²) in [7, 11) is 0. The number of amides is 1. The highest BCUT2D eigenvalue weighted by molar-refractivity contribution is 5.86. The zero-order chi connectivity index (χ0) is 26.7. The lowest BCUT2D eigenvalue weighted by atomic mass is 9.71. The summed E-state index contributed by atoms with van der Waals surface area (Å²) in [6.45, 7) is 5.42. The third kappa shape index (κ3) is 5.41. The van der Waals surface area contributed by atoms with Crippen molar-refractivity contribution in [2.45, 2.75) is 64.4 Å². The lowest BCUT2D eigenvalue weighted by Crippen LogP contribution is -2.54. The number of nitrogens with zero attached hydrogens (tertiary/aromatic N) is 1. The van der Waals surface area contributed by atoms with Crippen LogP contribution in [0.4, 0.5) is 0 Å². The van der Waals surface area contributed by atoms with Crippen molar-refractivity contribution in [3.63, 3.8) is 0 Å². The zero-order valence-electron chi connectivity index (χ0n) is 22.4. The molecule has 1 N–H and O–H groups in total. The van der Waals surface area contributed by atoms with Crippen molar-refractivity contribution in [1.82, 2.24) is 4.90 Å². The molecule has 1 aromatic heterocycles. The fourth-order valence-electron chi connectivity index (χ4n) is 6.09. The van der Waals surface area contributed by atoms with E-state index in [4.69, 9.17) is 9.15 Å². The summed E-state index contributed by atoms with van der Waals surface area (Å²) in [6.07, 6.45) is 9.21. The molecule has 1 aliphatic heterocycles. The van der Waals surface area contributed by atoms with Gasteiger partial charge in [-0.15, -0.1) is 0 Å². The summed E-state index contributed by atoms with van der Waals surface area (Å²) in [5.74, 6) is 0.878. The van der Waals surface area contributed by atoms with E-state index < -0.39 is 11.2 Å². The highest BCUT2D eigenvalue weighted by Gasteiger charge is 2.43. The Morgan fingerprint density at radius 2 is 1.95 bits per heavy atom. The Balaban J connectivity index is 1.25. The third-order valence-corrected chi connectivity index (χ3v) is 8.47. The first-order chi connectivity index (χ1) is 18.4. The fraction of sp³-hybridized carbons (Fsp3) is 0.438. The Bertz CT molecular complexity index is 1390. The van der Waals surface area contributed by atoms with Gasteiger partial charge in [0.25, 0.3) is 0 Å². The number of ether oxygens (including phenoxy) is 1. The van der Waals surface area contributed by atoms with Crippen LogP contribution in [0.25, 0.3) is 17.0 Å². The summed E-state index contributed by atoms with van der Waals surface area (Å²) in [5.41, 5.74) is 2.82. The SMILES string of the molecule is Cc1c(CCC(=O)N2CCC3(O)CCCCC3C2)c(=O)oc2c(C)c(OC/C=C/c3ccccc3)ccc12. The standard InChI is InChI=1S/C32H37NO5/c1-22-26-13-15-28(37-20-8-11-24-9-4-3-5-10-24)23(2)30(26)38-31(35)27(22)14-16-29(34)33-19-18-32(36)17-7-6-12-25(32)21-33/h3-5,8-11,13,15,25,36H,6-7,12,14,16-21H2,1-2H3/b11-8+. The molecule has 1 aliphatic carbocycles. The summed E-state index contributed by atoms with van der Waals surface area (Å²) in [5, 5.41) is 11.8. The van der Waals surface area contributed by atoms with Gasteiger partial charge in [-0.3, -0.25) is 4.79 Å². The van der Waals surface area contributed by atoms with Crippen LogP contribution in [0.15, 0.2) is 57.8 Å². The molecule has 0 bridgehead atoms. The van der Waals surface area contributed by atoms with E-state index in [2.05, 4.69) is 0 Å².